The van der Waals surface area contributed by atoms with E-state index in [-0.39, 0.29) is 18.2 Å². The summed E-state index contributed by atoms with van der Waals surface area (Å²) in [4.78, 5) is 27.1. The summed E-state index contributed by atoms with van der Waals surface area (Å²) < 4.78 is 13.8. The maximum Gasteiger partial charge on any atom is 0.231 e. The van der Waals surface area contributed by atoms with Crippen molar-refractivity contribution in [2.24, 2.45) is 0 Å². The Hall–Kier alpha value is -2.70. The van der Waals surface area contributed by atoms with Gasteiger partial charge >= 0.3 is 0 Å². The van der Waals surface area contributed by atoms with Crippen LogP contribution in [-0.4, -0.2) is 33.5 Å². The molecule has 3 aliphatic rings. The van der Waals surface area contributed by atoms with Gasteiger partial charge in [0.1, 0.15) is 5.82 Å². The molecule has 7 heteroatoms. The van der Waals surface area contributed by atoms with Gasteiger partial charge < -0.3 is 10.2 Å². The average Bonchev–Trinajstić information content (AvgIpc) is 3.02. The van der Waals surface area contributed by atoms with Crippen LogP contribution in [0.15, 0.2) is 18.2 Å². The summed E-state index contributed by atoms with van der Waals surface area (Å²) in [5, 5.41) is 10.4. The van der Waals surface area contributed by atoms with E-state index in [9.17, 15) is 14.0 Å². The number of amides is 2. The number of hydrogen-bond donors (Lipinski definition) is 2. The van der Waals surface area contributed by atoms with Gasteiger partial charge in [0.25, 0.3) is 0 Å². The minimum absolute atomic E-state index is 0.0551. The first-order valence-corrected chi connectivity index (χ1v) is 9.54. The van der Waals surface area contributed by atoms with Crippen LogP contribution in [0.2, 0.25) is 0 Å². The van der Waals surface area contributed by atoms with E-state index in [0.717, 1.165) is 36.2 Å². The van der Waals surface area contributed by atoms with Gasteiger partial charge in [-0.25, -0.2) is 4.39 Å². The summed E-state index contributed by atoms with van der Waals surface area (Å²) in [7, 11) is 0. The molecule has 2 aliphatic heterocycles. The van der Waals surface area contributed by atoms with Crippen molar-refractivity contribution < 1.29 is 14.0 Å². The number of benzene rings is 1. The number of aromatic nitrogens is 2. The third-order valence-electron chi connectivity index (χ3n) is 6.12. The molecule has 0 radical (unpaired) electrons. The van der Waals surface area contributed by atoms with E-state index in [2.05, 4.69) is 15.5 Å². The Morgan fingerprint density at radius 2 is 2.15 bits per heavy atom. The largest absolute Gasteiger partial charge is 0.337 e. The normalized spacial score (nSPS) is 21.9. The molecule has 2 aromatic rings. The van der Waals surface area contributed by atoms with Crippen LogP contribution in [0.1, 0.15) is 60.0 Å². The molecular weight excluding hydrogens is 347 g/mol. The van der Waals surface area contributed by atoms with Crippen LogP contribution in [0.25, 0.3) is 0 Å². The number of hydrogen-bond acceptors (Lipinski definition) is 3. The number of nitrogens with zero attached hydrogens (tertiary/aromatic N) is 2. The summed E-state index contributed by atoms with van der Waals surface area (Å²) in [6, 6.07) is 4.20. The molecule has 1 aromatic carbocycles. The average molecular weight is 368 g/mol. The van der Waals surface area contributed by atoms with Crippen LogP contribution < -0.4 is 5.32 Å². The van der Waals surface area contributed by atoms with E-state index in [4.69, 9.17) is 0 Å². The molecule has 1 saturated carbocycles. The van der Waals surface area contributed by atoms with Gasteiger partial charge in [-0.15, -0.1) is 0 Å². The number of anilines is 1. The van der Waals surface area contributed by atoms with Gasteiger partial charge in [-0.2, -0.15) is 5.10 Å². The fourth-order valence-corrected chi connectivity index (χ4v) is 4.40. The van der Waals surface area contributed by atoms with Crippen molar-refractivity contribution in [3.8, 4) is 0 Å². The smallest absolute Gasteiger partial charge is 0.231 e. The number of carbonyl (C=O) groups is 2. The molecule has 2 amide bonds. The molecule has 0 unspecified atom stereocenters. The second-order valence-electron chi connectivity index (χ2n) is 7.74. The summed E-state index contributed by atoms with van der Waals surface area (Å²) in [5.74, 6) is -0.849. The fourth-order valence-electron chi connectivity index (χ4n) is 4.40. The number of halogens is 1. The van der Waals surface area contributed by atoms with E-state index in [1.165, 1.54) is 24.6 Å². The van der Waals surface area contributed by atoms with Crippen molar-refractivity contribution in [1.29, 1.82) is 0 Å². The lowest BCUT2D eigenvalue weighted by Gasteiger charge is -2.34. The number of H-pyrrole nitrogens is 1. The Morgan fingerprint density at radius 1 is 1.30 bits per heavy atom. The maximum atomic E-state index is 13.8. The lowest BCUT2D eigenvalue weighted by Crippen LogP contribution is -2.41. The molecule has 1 atom stereocenters. The molecule has 0 saturated heterocycles. The van der Waals surface area contributed by atoms with Crippen LogP contribution in [-0.2, 0) is 22.6 Å². The second-order valence-corrected chi connectivity index (χ2v) is 7.74. The predicted octanol–water partition coefficient (Wildman–Crippen LogP) is 2.83. The summed E-state index contributed by atoms with van der Waals surface area (Å²) in [5.41, 5.74) is 4.45. The topological polar surface area (TPSA) is 78.1 Å². The number of carbonyl (C=O) groups excluding carboxylic acids is 2. The first-order chi connectivity index (χ1) is 13.1. The van der Waals surface area contributed by atoms with E-state index >= 15 is 0 Å². The minimum Gasteiger partial charge on any atom is -0.337 e. The molecule has 1 aliphatic carbocycles. The van der Waals surface area contributed by atoms with Gasteiger partial charge in [0.2, 0.25) is 11.8 Å². The zero-order valence-electron chi connectivity index (χ0n) is 14.9. The van der Waals surface area contributed by atoms with Gasteiger partial charge in [-0.3, -0.25) is 14.7 Å². The van der Waals surface area contributed by atoms with Crippen molar-refractivity contribution in [2.45, 2.75) is 50.5 Å². The molecule has 5 rings (SSSR count). The van der Waals surface area contributed by atoms with Crippen LogP contribution in [0, 0.1) is 5.82 Å². The summed E-state index contributed by atoms with van der Waals surface area (Å²) in [6.45, 7) is 1.10. The van der Waals surface area contributed by atoms with E-state index < -0.39 is 11.7 Å². The molecule has 2 N–H and O–H groups in total. The molecule has 140 valence electrons. The highest BCUT2D eigenvalue weighted by molar-refractivity contribution is 6.01. The Balaban J connectivity index is 1.43. The van der Waals surface area contributed by atoms with Crippen LogP contribution in [0.5, 0.6) is 0 Å². The van der Waals surface area contributed by atoms with Crippen molar-refractivity contribution in [3.05, 3.63) is 46.5 Å². The molecule has 1 aromatic heterocycles. The molecule has 27 heavy (non-hydrogen) atoms. The zero-order valence-corrected chi connectivity index (χ0v) is 14.9. The minimum atomic E-state index is -0.634. The first-order valence-electron chi connectivity index (χ1n) is 9.54. The van der Waals surface area contributed by atoms with Crippen LogP contribution in [0.4, 0.5) is 10.1 Å². The second kappa shape index (κ2) is 6.18. The van der Waals surface area contributed by atoms with Crippen LogP contribution in [0.3, 0.4) is 0 Å². The molecular formula is C20H21FN4O2. The van der Waals surface area contributed by atoms with Gasteiger partial charge in [0, 0.05) is 48.8 Å². The standard InChI is InChI=1S/C20H21FN4O2/c21-12-4-5-16-13(8-12)14(9-18(26)22-16)20(27)25-7-6-17-15(10-25)19(24-23-17)11-2-1-3-11/h4-5,8,11,14H,1-3,6-7,9-10H2,(H,22,26)(H,23,24)/t14-/m1/s1. The van der Waals surface area contributed by atoms with Crippen molar-refractivity contribution in [2.75, 3.05) is 11.9 Å². The Morgan fingerprint density at radius 3 is 2.93 bits per heavy atom. The predicted molar refractivity (Wildman–Crippen MR) is 96.7 cm³/mol. The quantitative estimate of drug-likeness (QED) is 0.856. The fraction of sp³-hybridized carbons (Fsp3) is 0.450. The number of aromatic amines is 1. The highest BCUT2D eigenvalue weighted by Gasteiger charge is 2.37. The summed E-state index contributed by atoms with van der Waals surface area (Å²) in [6.07, 6.45) is 4.32. The molecule has 0 bridgehead atoms. The monoisotopic (exact) mass is 368 g/mol. The lowest BCUT2D eigenvalue weighted by atomic mass is 9.80. The van der Waals surface area contributed by atoms with E-state index in [1.54, 1.807) is 4.90 Å². The zero-order chi connectivity index (χ0) is 18.5. The van der Waals surface area contributed by atoms with Crippen molar-refractivity contribution in [3.63, 3.8) is 0 Å². The van der Waals surface area contributed by atoms with Gasteiger partial charge in [0.05, 0.1) is 11.6 Å². The molecule has 3 heterocycles. The third-order valence-corrected chi connectivity index (χ3v) is 6.12. The van der Waals surface area contributed by atoms with Crippen molar-refractivity contribution >= 4 is 17.5 Å². The molecule has 0 spiro atoms. The Labute approximate surface area is 156 Å². The number of fused-ring (bicyclic) bond motifs is 2. The SMILES string of the molecule is O=C1C[C@@H](C(=O)N2CCc3[nH]nc(C4CCC4)c3C2)c2cc(F)ccc2N1. The van der Waals surface area contributed by atoms with Crippen LogP contribution >= 0.6 is 0 Å². The first kappa shape index (κ1) is 16.5. The number of nitrogens with one attached hydrogen (secondary N) is 2. The maximum absolute atomic E-state index is 13.8. The molecule has 1 fully saturated rings. The van der Waals surface area contributed by atoms with Gasteiger partial charge in [-0.05, 0) is 36.6 Å². The highest BCUT2D eigenvalue weighted by Crippen LogP contribution is 2.40. The molecule has 6 nitrogen and oxygen atoms in total. The third kappa shape index (κ3) is 2.72. The van der Waals surface area contributed by atoms with E-state index in [1.807, 2.05) is 0 Å². The van der Waals surface area contributed by atoms with Gasteiger partial charge in [-0.1, -0.05) is 6.42 Å². The van der Waals surface area contributed by atoms with E-state index in [0.29, 0.717) is 30.3 Å². The van der Waals surface area contributed by atoms with Gasteiger partial charge in [0.15, 0.2) is 0 Å². The lowest BCUT2D eigenvalue weighted by molar-refractivity contribution is -0.135. The number of rotatable bonds is 2. The Bertz CT molecular complexity index is 934. The van der Waals surface area contributed by atoms with Crippen molar-refractivity contribution in [1.82, 2.24) is 15.1 Å². The highest BCUT2D eigenvalue weighted by atomic mass is 19.1. The summed E-state index contributed by atoms with van der Waals surface area (Å²) >= 11 is 0. The Kier molecular flexibility index (Phi) is 3.77.